The second-order valence-corrected chi connectivity index (χ2v) is 5.94. The van der Waals surface area contributed by atoms with E-state index in [9.17, 15) is 0 Å². The van der Waals surface area contributed by atoms with Crippen molar-refractivity contribution in [3.05, 3.63) is 62.0 Å². The van der Waals surface area contributed by atoms with Gasteiger partial charge in [0.05, 0.1) is 5.88 Å². The van der Waals surface area contributed by atoms with Gasteiger partial charge in [0.1, 0.15) is 12.4 Å². The van der Waals surface area contributed by atoms with Crippen molar-refractivity contribution in [2.45, 2.75) is 12.5 Å². The quantitative estimate of drug-likeness (QED) is 0.585. The Bertz CT molecular complexity index is 587. The van der Waals surface area contributed by atoms with Crippen LogP contribution in [0.15, 0.2) is 40.9 Å². The molecule has 0 fully saturated rings. The van der Waals surface area contributed by atoms with Crippen LogP contribution >= 0.6 is 50.7 Å². The number of alkyl halides is 1. The fourth-order valence-electron chi connectivity index (χ4n) is 1.60. The molecule has 0 spiro atoms. The number of hydrogen-bond acceptors (Lipinski definition) is 1. The summed E-state index contributed by atoms with van der Waals surface area (Å²) in [5.41, 5.74) is 1.77. The summed E-state index contributed by atoms with van der Waals surface area (Å²) in [7, 11) is 0. The molecule has 0 aromatic heterocycles. The predicted molar refractivity (Wildman–Crippen MR) is 84.5 cm³/mol. The average molecular weight is 380 g/mol. The minimum Gasteiger partial charge on any atom is -0.489 e. The molecule has 0 saturated heterocycles. The van der Waals surface area contributed by atoms with E-state index in [-0.39, 0.29) is 0 Å². The maximum Gasteiger partial charge on any atom is 0.124 e. The highest BCUT2D eigenvalue weighted by molar-refractivity contribution is 9.10. The van der Waals surface area contributed by atoms with Crippen molar-refractivity contribution in [2.75, 3.05) is 0 Å². The number of benzene rings is 2. The largest absolute Gasteiger partial charge is 0.489 e. The van der Waals surface area contributed by atoms with E-state index >= 15 is 0 Å². The highest BCUT2D eigenvalue weighted by Crippen LogP contribution is 2.27. The van der Waals surface area contributed by atoms with Crippen molar-refractivity contribution >= 4 is 50.7 Å². The molecule has 0 amide bonds. The van der Waals surface area contributed by atoms with Crippen molar-refractivity contribution < 1.29 is 4.74 Å². The fourth-order valence-corrected chi connectivity index (χ4v) is 2.59. The van der Waals surface area contributed by atoms with Crippen molar-refractivity contribution in [3.8, 4) is 5.75 Å². The molecule has 0 aliphatic rings. The van der Waals surface area contributed by atoms with Crippen molar-refractivity contribution in [2.24, 2.45) is 0 Å². The van der Waals surface area contributed by atoms with Gasteiger partial charge in [-0.3, -0.25) is 0 Å². The van der Waals surface area contributed by atoms with Gasteiger partial charge in [-0.2, -0.15) is 0 Å². The van der Waals surface area contributed by atoms with Crippen LogP contribution in [0.25, 0.3) is 0 Å². The Balaban J connectivity index is 2.16. The van der Waals surface area contributed by atoms with Gasteiger partial charge in [-0.25, -0.2) is 0 Å². The maximum absolute atomic E-state index is 6.09. The third-order valence-corrected chi connectivity index (χ3v) is 3.94. The van der Waals surface area contributed by atoms with Crippen LogP contribution in [-0.4, -0.2) is 0 Å². The van der Waals surface area contributed by atoms with E-state index in [4.69, 9.17) is 39.5 Å². The third-order valence-electron chi connectivity index (χ3n) is 2.56. The normalized spacial score (nSPS) is 10.5. The van der Waals surface area contributed by atoms with Crippen LogP contribution in [0.2, 0.25) is 10.0 Å². The Kier molecular flexibility index (Phi) is 5.40. The van der Waals surface area contributed by atoms with Gasteiger partial charge >= 0.3 is 0 Å². The first-order chi connectivity index (χ1) is 9.10. The van der Waals surface area contributed by atoms with Crippen LogP contribution in [0, 0.1) is 0 Å². The van der Waals surface area contributed by atoms with Crippen LogP contribution < -0.4 is 4.74 Å². The molecule has 2 aromatic carbocycles. The predicted octanol–water partition coefficient (Wildman–Crippen LogP) is 6.07. The first kappa shape index (κ1) is 15.0. The molecular weight excluding hydrogens is 370 g/mol. The van der Waals surface area contributed by atoms with Crippen molar-refractivity contribution in [3.63, 3.8) is 0 Å². The molecule has 0 aliphatic carbocycles. The zero-order valence-corrected chi connectivity index (χ0v) is 13.7. The molecule has 0 N–H and O–H groups in total. The van der Waals surface area contributed by atoms with Gasteiger partial charge in [-0.05, 0) is 36.4 Å². The molecule has 0 atom stereocenters. The lowest BCUT2D eigenvalue weighted by atomic mass is 10.2. The molecule has 0 heterocycles. The van der Waals surface area contributed by atoms with E-state index in [2.05, 4.69) is 15.9 Å². The van der Waals surface area contributed by atoms with E-state index in [0.717, 1.165) is 21.3 Å². The van der Waals surface area contributed by atoms with E-state index in [1.54, 1.807) is 18.2 Å². The molecule has 100 valence electrons. The molecular formula is C14H10BrCl3O. The highest BCUT2D eigenvalue weighted by atomic mass is 79.9. The Morgan fingerprint density at radius 3 is 2.53 bits per heavy atom. The molecule has 2 aromatic rings. The van der Waals surface area contributed by atoms with Crippen LogP contribution in [0.3, 0.4) is 0 Å². The summed E-state index contributed by atoms with van der Waals surface area (Å²) in [6.07, 6.45) is 0. The van der Waals surface area contributed by atoms with Gasteiger partial charge in [-0.1, -0.05) is 39.1 Å². The Hall–Kier alpha value is -0.410. The van der Waals surface area contributed by atoms with Gasteiger partial charge in [0.15, 0.2) is 0 Å². The lowest BCUT2D eigenvalue weighted by Crippen LogP contribution is -1.98. The molecule has 0 radical (unpaired) electrons. The summed E-state index contributed by atoms with van der Waals surface area (Å²) in [6, 6.07) is 11.0. The van der Waals surface area contributed by atoms with Gasteiger partial charge in [0.2, 0.25) is 0 Å². The first-order valence-electron chi connectivity index (χ1n) is 5.51. The lowest BCUT2D eigenvalue weighted by molar-refractivity contribution is 0.304. The monoisotopic (exact) mass is 378 g/mol. The second kappa shape index (κ2) is 6.85. The van der Waals surface area contributed by atoms with E-state index in [1.807, 2.05) is 18.2 Å². The molecule has 2 rings (SSSR count). The minimum atomic E-state index is 0.352. The molecule has 0 aliphatic heterocycles. The number of rotatable bonds is 4. The SMILES string of the molecule is ClCc1cc(Br)ccc1OCc1cc(Cl)ccc1Cl. The lowest BCUT2D eigenvalue weighted by Gasteiger charge is -2.11. The standard InChI is InChI=1S/C14H10BrCl3O/c15-11-1-4-14(9(5-11)7-16)19-8-10-6-12(17)2-3-13(10)18/h1-6H,7-8H2. The number of hydrogen-bond donors (Lipinski definition) is 0. The number of ether oxygens (including phenoxy) is 1. The summed E-state index contributed by atoms with van der Waals surface area (Å²) in [5, 5.41) is 1.27. The summed E-state index contributed by atoms with van der Waals surface area (Å²) in [4.78, 5) is 0. The van der Waals surface area contributed by atoms with E-state index < -0.39 is 0 Å². The van der Waals surface area contributed by atoms with Crippen molar-refractivity contribution in [1.82, 2.24) is 0 Å². The highest BCUT2D eigenvalue weighted by Gasteiger charge is 2.06. The molecule has 0 saturated carbocycles. The molecule has 0 bridgehead atoms. The van der Waals surface area contributed by atoms with Gasteiger partial charge in [0, 0.05) is 25.6 Å². The van der Waals surface area contributed by atoms with Gasteiger partial charge in [-0.15, -0.1) is 11.6 Å². The zero-order valence-electron chi connectivity index (χ0n) is 9.80. The van der Waals surface area contributed by atoms with Crippen LogP contribution in [0.1, 0.15) is 11.1 Å². The number of halogens is 4. The van der Waals surface area contributed by atoms with Gasteiger partial charge in [0.25, 0.3) is 0 Å². The van der Waals surface area contributed by atoms with E-state index in [0.29, 0.717) is 22.5 Å². The van der Waals surface area contributed by atoms with Crippen LogP contribution in [0.4, 0.5) is 0 Å². The van der Waals surface area contributed by atoms with Crippen LogP contribution in [-0.2, 0) is 12.5 Å². The Morgan fingerprint density at radius 2 is 1.79 bits per heavy atom. The Morgan fingerprint density at radius 1 is 1.00 bits per heavy atom. The first-order valence-corrected chi connectivity index (χ1v) is 7.59. The summed E-state index contributed by atoms with van der Waals surface area (Å²) >= 11 is 21.3. The van der Waals surface area contributed by atoms with Gasteiger partial charge < -0.3 is 4.74 Å². The summed E-state index contributed by atoms with van der Waals surface area (Å²) < 4.78 is 6.73. The molecule has 5 heteroatoms. The second-order valence-electron chi connectivity index (χ2n) is 3.91. The topological polar surface area (TPSA) is 9.23 Å². The smallest absolute Gasteiger partial charge is 0.124 e. The fraction of sp³-hybridized carbons (Fsp3) is 0.143. The zero-order chi connectivity index (χ0) is 13.8. The average Bonchev–Trinajstić information content (AvgIpc) is 2.40. The minimum absolute atomic E-state index is 0.352. The molecule has 1 nitrogen and oxygen atoms in total. The maximum atomic E-state index is 6.09. The summed E-state index contributed by atoms with van der Waals surface area (Å²) in [5.74, 6) is 1.13. The molecule has 0 unspecified atom stereocenters. The third kappa shape index (κ3) is 4.03. The van der Waals surface area contributed by atoms with Crippen LogP contribution in [0.5, 0.6) is 5.75 Å². The van der Waals surface area contributed by atoms with E-state index in [1.165, 1.54) is 0 Å². The van der Waals surface area contributed by atoms with Crippen molar-refractivity contribution in [1.29, 1.82) is 0 Å². The Labute approximate surface area is 135 Å². The summed E-state index contributed by atoms with van der Waals surface area (Å²) in [6.45, 7) is 0.352. The molecule has 19 heavy (non-hydrogen) atoms.